The van der Waals surface area contributed by atoms with Crippen LogP contribution in [0, 0.1) is 6.92 Å². The molecule has 1 aliphatic heterocycles. The number of benzene rings is 1. The summed E-state index contributed by atoms with van der Waals surface area (Å²) in [5.41, 5.74) is 1.80. The van der Waals surface area contributed by atoms with Crippen molar-refractivity contribution in [2.75, 3.05) is 20.1 Å². The summed E-state index contributed by atoms with van der Waals surface area (Å²) in [6.45, 7) is 3.76. The standard InChI is InChI=1S/C12H15BrN2O/c1-8-3-4-9(13)5-11(8)12(16)15(2)10-6-14-7-10/h3-5,10,14H,6-7H2,1-2H3. The largest absolute Gasteiger partial charge is 0.336 e. The van der Waals surface area contributed by atoms with E-state index in [4.69, 9.17) is 0 Å². The van der Waals surface area contributed by atoms with E-state index >= 15 is 0 Å². The lowest BCUT2D eigenvalue weighted by atomic mass is 10.1. The SMILES string of the molecule is Cc1ccc(Br)cc1C(=O)N(C)C1CNC1. The molecule has 0 aromatic heterocycles. The van der Waals surface area contributed by atoms with Crippen molar-refractivity contribution < 1.29 is 4.79 Å². The minimum Gasteiger partial charge on any atom is -0.336 e. The molecule has 1 fully saturated rings. The van der Waals surface area contributed by atoms with Crippen LogP contribution in [0.1, 0.15) is 15.9 Å². The van der Waals surface area contributed by atoms with Crippen LogP contribution in [0.4, 0.5) is 0 Å². The summed E-state index contributed by atoms with van der Waals surface area (Å²) in [6.07, 6.45) is 0. The lowest BCUT2D eigenvalue weighted by molar-refractivity contribution is 0.0680. The van der Waals surface area contributed by atoms with Gasteiger partial charge in [-0.2, -0.15) is 0 Å². The van der Waals surface area contributed by atoms with Crippen LogP contribution in [0.25, 0.3) is 0 Å². The Bertz CT molecular complexity index is 415. The van der Waals surface area contributed by atoms with Crippen molar-refractivity contribution >= 4 is 21.8 Å². The highest BCUT2D eigenvalue weighted by Crippen LogP contribution is 2.18. The zero-order chi connectivity index (χ0) is 11.7. The molecule has 4 heteroatoms. The van der Waals surface area contributed by atoms with Crippen molar-refractivity contribution in [2.45, 2.75) is 13.0 Å². The molecule has 16 heavy (non-hydrogen) atoms. The molecule has 0 atom stereocenters. The van der Waals surface area contributed by atoms with Gasteiger partial charge in [-0.1, -0.05) is 22.0 Å². The van der Waals surface area contributed by atoms with E-state index in [1.54, 1.807) is 0 Å². The monoisotopic (exact) mass is 282 g/mol. The van der Waals surface area contributed by atoms with Gasteiger partial charge in [-0.05, 0) is 24.6 Å². The van der Waals surface area contributed by atoms with Gasteiger partial charge in [0.2, 0.25) is 0 Å². The Balaban J connectivity index is 2.22. The number of carbonyl (C=O) groups is 1. The number of aryl methyl sites for hydroxylation is 1. The van der Waals surface area contributed by atoms with E-state index in [1.807, 2.05) is 37.1 Å². The number of amides is 1. The fraction of sp³-hybridized carbons (Fsp3) is 0.417. The van der Waals surface area contributed by atoms with Gasteiger partial charge in [0.15, 0.2) is 0 Å². The van der Waals surface area contributed by atoms with Crippen molar-refractivity contribution in [3.05, 3.63) is 33.8 Å². The zero-order valence-electron chi connectivity index (χ0n) is 9.46. The van der Waals surface area contributed by atoms with Crippen LogP contribution < -0.4 is 5.32 Å². The maximum absolute atomic E-state index is 12.2. The van der Waals surface area contributed by atoms with Gasteiger partial charge in [0, 0.05) is 30.2 Å². The molecule has 1 heterocycles. The fourth-order valence-corrected chi connectivity index (χ4v) is 2.09. The molecule has 1 aromatic rings. The molecule has 0 bridgehead atoms. The lowest BCUT2D eigenvalue weighted by Gasteiger charge is -2.35. The minimum atomic E-state index is 0.102. The first-order chi connectivity index (χ1) is 7.59. The maximum Gasteiger partial charge on any atom is 0.254 e. The summed E-state index contributed by atoms with van der Waals surface area (Å²) < 4.78 is 0.946. The summed E-state index contributed by atoms with van der Waals surface area (Å²) in [5.74, 6) is 0.102. The van der Waals surface area contributed by atoms with Crippen LogP contribution >= 0.6 is 15.9 Å². The van der Waals surface area contributed by atoms with Gasteiger partial charge in [0.1, 0.15) is 0 Å². The molecule has 0 spiro atoms. The molecule has 1 N–H and O–H groups in total. The van der Waals surface area contributed by atoms with Crippen molar-refractivity contribution in [1.82, 2.24) is 10.2 Å². The quantitative estimate of drug-likeness (QED) is 0.897. The maximum atomic E-state index is 12.2. The van der Waals surface area contributed by atoms with E-state index in [9.17, 15) is 4.79 Å². The van der Waals surface area contributed by atoms with Gasteiger partial charge in [0.05, 0.1) is 6.04 Å². The second-order valence-electron chi connectivity index (χ2n) is 4.19. The minimum absolute atomic E-state index is 0.102. The average Bonchev–Trinajstić information content (AvgIpc) is 2.18. The van der Waals surface area contributed by atoms with E-state index in [1.165, 1.54) is 0 Å². The van der Waals surface area contributed by atoms with Gasteiger partial charge in [-0.3, -0.25) is 4.79 Å². The van der Waals surface area contributed by atoms with Crippen LogP contribution in [-0.2, 0) is 0 Å². The third-order valence-electron chi connectivity index (χ3n) is 3.06. The number of carbonyl (C=O) groups excluding carboxylic acids is 1. The summed E-state index contributed by atoms with van der Waals surface area (Å²) >= 11 is 3.40. The molecule has 2 rings (SSSR count). The number of rotatable bonds is 2. The summed E-state index contributed by atoms with van der Waals surface area (Å²) in [7, 11) is 1.87. The molecule has 86 valence electrons. The topological polar surface area (TPSA) is 32.3 Å². The predicted molar refractivity (Wildman–Crippen MR) is 67.6 cm³/mol. The molecule has 0 aliphatic carbocycles. The highest BCUT2D eigenvalue weighted by atomic mass is 79.9. The number of nitrogens with one attached hydrogen (secondary N) is 1. The zero-order valence-corrected chi connectivity index (χ0v) is 11.0. The highest BCUT2D eigenvalue weighted by Gasteiger charge is 2.26. The predicted octanol–water partition coefficient (Wildman–Crippen LogP) is 1.80. The molecule has 1 amide bonds. The van der Waals surface area contributed by atoms with Gasteiger partial charge in [0.25, 0.3) is 5.91 Å². The first-order valence-electron chi connectivity index (χ1n) is 5.33. The van der Waals surface area contributed by atoms with Crippen LogP contribution in [0.15, 0.2) is 22.7 Å². The molecule has 1 saturated heterocycles. The van der Waals surface area contributed by atoms with Crippen molar-refractivity contribution in [2.24, 2.45) is 0 Å². The smallest absolute Gasteiger partial charge is 0.254 e. The van der Waals surface area contributed by atoms with Gasteiger partial charge in [-0.15, -0.1) is 0 Å². The van der Waals surface area contributed by atoms with Gasteiger partial charge >= 0.3 is 0 Å². The van der Waals surface area contributed by atoms with Crippen molar-refractivity contribution in [3.63, 3.8) is 0 Å². The van der Waals surface area contributed by atoms with Crippen LogP contribution in [0.3, 0.4) is 0 Å². The summed E-state index contributed by atoms with van der Waals surface area (Å²) in [4.78, 5) is 14.1. The number of nitrogens with zero attached hydrogens (tertiary/aromatic N) is 1. The Kier molecular flexibility index (Phi) is 3.30. The first kappa shape index (κ1) is 11.6. The van der Waals surface area contributed by atoms with Crippen LogP contribution in [-0.4, -0.2) is 37.0 Å². The van der Waals surface area contributed by atoms with Crippen LogP contribution in [0.2, 0.25) is 0 Å². The highest BCUT2D eigenvalue weighted by molar-refractivity contribution is 9.10. The summed E-state index contributed by atoms with van der Waals surface area (Å²) in [6, 6.07) is 6.15. The molecule has 1 aromatic carbocycles. The lowest BCUT2D eigenvalue weighted by Crippen LogP contribution is -2.57. The van der Waals surface area contributed by atoms with Gasteiger partial charge in [-0.25, -0.2) is 0 Å². The molecule has 0 saturated carbocycles. The fourth-order valence-electron chi connectivity index (χ4n) is 1.73. The summed E-state index contributed by atoms with van der Waals surface area (Å²) in [5, 5.41) is 3.17. The van der Waals surface area contributed by atoms with E-state index in [0.717, 1.165) is 28.7 Å². The number of halogens is 1. The molecule has 1 aliphatic rings. The molecular weight excluding hydrogens is 268 g/mol. The van der Waals surface area contributed by atoms with Crippen LogP contribution in [0.5, 0.6) is 0 Å². The number of likely N-dealkylation sites (N-methyl/N-ethyl adjacent to an activating group) is 1. The number of hydrogen-bond donors (Lipinski definition) is 1. The van der Waals surface area contributed by atoms with Crippen molar-refractivity contribution in [1.29, 1.82) is 0 Å². The van der Waals surface area contributed by atoms with E-state index in [2.05, 4.69) is 21.2 Å². The van der Waals surface area contributed by atoms with E-state index < -0.39 is 0 Å². The Hall–Kier alpha value is -0.870. The molecule has 0 radical (unpaired) electrons. The van der Waals surface area contributed by atoms with Gasteiger partial charge < -0.3 is 10.2 Å². The van der Waals surface area contributed by atoms with Crippen molar-refractivity contribution in [3.8, 4) is 0 Å². The Morgan fingerprint density at radius 1 is 1.50 bits per heavy atom. The second kappa shape index (κ2) is 4.55. The second-order valence-corrected chi connectivity index (χ2v) is 5.10. The van der Waals surface area contributed by atoms with E-state index in [0.29, 0.717) is 6.04 Å². The third-order valence-corrected chi connectivity index (χ3v) is 3.55. The Morgan fingerprint density at radius 3 is 2.75 bits per heavy atom. The first-order valence-corrected chi connectivity index (χ1v) is 6.13. The molecule has 3 nitrogen and oxygen atoms in total. The average molecular weight is 283 g/mol. The molecular formula is C12H15BrN2O. The Morgan fingerprint density at radius 2 is 2.19 bits per heavy atom. The Labute approximate surface area is 104 Å². The number of hydrogen-bond acceptors (Lipinski definition) is 2. The molecule has 0 unspecified atom stereocenters. The normalized spacial score (nSPS) is 15.7. The van der Waals surface area contributed by atoms with E-state index in [-0.39, 0.29) is 5.91 Å². The third kappa shape index (κ3) is 2.13.